The number of benzene rings is 1. The van der Waals surface area contributed by atoms with Gasteiger partial charge >= 0.3 is 0 Å². The molecule has 0 radical (unpaired) electrons. The quantitative estimate of drug-likeness (QED) is 0.584. The fourth-order valence-corrected chi connectivity index (χ4v) is 4.54. The molecule has 0 amide bonds. The molecule has 130 valence electrons. The van der Waals surface area contributed by atoms with Crippen LogP contribution >= 0.6 is 11.5 Å². The molecule has 0 aliphatic rings. The molecule has 0 aliphatic heterocycles. The monoisotopic (exact) mass is 384 g/mol. The van der Waals surface area contributed by atoms with Crippen molar-refractivity contribution in [3.05, 3.63) is 77.3 Å². The number of anilines is 1. The number of sulfonamides is 1. The van der Waals surface area contributed by atoms with E-state index in [9.17, 15) is 13.2 Å². The van der Waals surface area contributed by atoms with Crippen molar-refractivity contribution in [2.45, 2.75) is 4.90 Å². The lowest BCUT2D eigenvalue weighted by molar-refractivity contribution is 0.601. The summed E-state index contributed by atoms with van der Waals surface area (Å²) in [4.78, 5) is 20.7. The first-order valence-corrected chi connectivity index (χ1v) is 9.82. The Hall–Kier alpha value is -3.04. The zero-order valence-corrected chi connectivity index (χ0v) is 14.9. The third-order valence-corrected chi connectivity index (χ3v) is 6.05. The molecular formula is C17H12N4O3S2. The van der Waals surface area contributed by atoms with Gasteiger partial charge in [-0.05, 0) is 54.0 Å². The van der Waals surface area contributed by atoms with Crippen molar-refractivity contribution in [1.29, 1.82) is 0 Å². The Labute approximate surface area is 152 Å². The molecule has 1 N–H and O–H groups in total. The van der Waals surface area contributed by atoms with Crippen LogP contribution in [0.15, 0.2) is 76.7 Å². The Kier molecular flexibility index (Phi) is 4.02. The highest BCUT2D eigenvalue weighted by atomic mass is 32.2. The van der Waals surface area contributed by atoms with Gasteiger partial charge in [-0.2, -0.15) is 0 Å². The van der Waals surface area contributed by atoms with Crippen LogP contribution in [-0.2, 0) is 10.0 Å². The molecule has 0 saturated heterocycles. The Morgan fingerprint density at radius 1 is 0.962 bits per heavy atom. The zero-order valence-electron chi connectivity index (χ0n) is 13.2. The third kappa shape index (κ3) is 2.98. The molecule has 0 aliphatic carbocycles. The molecule has 1 aromatic carbocycles. The largest absolute Gasteiger partial charge is 0.274 e. The lowest BCUT2D eigenvalue weighted by atomic mass is 10.3. The molecule has 0 spiro atoms. The van der Waals surface area contributed by atoms with Crippen LogP contribution < -0.4 is 10.3 Å². The summed E-state index contributed by atoms with van der Waals surface area (Å²) in [6.45, 7) is 0. The first-order valence-electron chi connectivity index (χ1n) is 7.56. The topological polar surface area (TPSA) is 94.0 Å². The second-order valence-electron chi connectivity index (χ2n) is 5.36. The van der Waals surface area contributed by atoms with Crippen LogP contribution in [0.4, 0.5) is 5.82 Å². The van der Waals surface area contributed by atoms with Gasteiger partial charge in [0.1, 0.15) is 11.6 Å². The van der Waals surface area contributed by atoms with E-state index in [0.717, 1.165) is 11.5 Å². The minimum atomic E-state index is -3.81. The average Bonchev–Trinajstić information content (AvgIpc) is 2.99. The number of hydrogen-bond acceptors (Lipinski definition) is 6. The van der Waals surface area contributed by atoms with Gasteiger partial charge in [-0.15, -0.1) is 0 Å². The number of nitrogens with one attached hydrogen (secondary N) is 1. The van der Waals surface area contributed by atoms with Crippen molar-refractivity contribution in [2.75, 3.05) is 4.72 Å². The van der Waals surface area contributed by atoms with Crippen molar-refractivity contribution < 1.29 is 8.42 Å². The predicted molar refractivity (Wildman–Crippen MR) is 100 cm³/mol. The minimum absolute atomic E-state index is 0.0603. The number of nitrogens with zero attached hydrogens (tertiary/aromatic N) is 3. The summed E-state index contributed by atoms with van der Waals surface area (Å²) in [7, 11) is -3.81. The second kappa shape index (κ2) is 6.36. The van der Waals surface area contributed by atoms with E-state index in [1.165, 1.54) is 28.4 Å². The van der Waals surface area contributed by atoms with Gasteiger partial charge in [0, 0.05) is 12.4 Å². The first-order chi connectivity index (χ1) is 12.5. The standard InChI is InChI=1S/C17H12N4O3S2/c22-17-13-8-7-12(26(23,24)20-15-5-1-3-9-18-15)11-14(13)25-21(17)16-6-2-4-10-19-16/h1-11H,(H,18,20). The van der Waals surface area contributed by atoms with Crippen molar-refractivity contribution >= 4 is 37.5 Å². The van der Waals surface area contributed by atoms with Crippen molar-refractivity contribution in [2.24, 2.45) is 0 Å². The van der Waals surface area contributed by atoms with Gasteiger partial charge < -0.3 is 0 Å². The molecule has 0 bridgehead atoms. The van der Waals surface area contributed by atoms with E-state index < -0.39 is 10.0 Å². The fraction of sp³-hybridized carbons (Fsp3) is 0. The molecule has 9 heteroatoms. The van der Waals surface area contributed by atoms with Gasteiger partial charge in [-0.25, -0.2) is 22.3 Å². The predicted octanol–water partition coefficient (Wildman–Crippen LogP) is 2.64. The molecule has 0 fully saturated rings. The second-order valence-corrected chi connectivity index (χ2v) is 8.03. The maximum Gasteiger partial charge on any atom is 0.274 e. The first kappa shape index (κ1) is 16.4. The van der Waals surface area contributed by atoms with Crippen LogP contribution in [0, 0.1) is 0 Å². The van der Waals surface area contributed by atoms with Crippen LogP contribution in [0.2, 0.25) is 0 Å². The normalized spacial score (nSPS) is 11.5. The van der Waals surface area contributed by atoms with Gasteiger partial charge in [0.05, 0.1) is 15.0 Å². The molecular weight excluding hydrogens is 372 g/mol. The van der Waals surface area contributed by atoms with Crippen LogP contribution in [0.1, 0.15) is 0 Å². The minimum Gasteiger partial charge on any atom is -0.267 e. The van der Waals surface area contributed by atoms with E-state index in [4.69, 9.17) is 0 Å². The lowest BCUT2D eigenvalue weighted by Gasteiger charge is -2.06. The third-order valence-electron chi connectivity index (χ3n) is 3.63. The van der Waals surface area contributed by atoms with E-state index in [0.29, 0.717) is 15.9 Å². The molecule has 0 unspecified atom stereocenters. The molecule has 0 saturated carbocycles. The summed E-state index contributed by atoms with van der Waals surface area (Å²) >= 11 is 1.15. The molecule has 3 heterocycles. The number of hydrogen-bond donors (Lipinski definition) is 1. The van der Waals surface area contributed by atoms with Gasteiger partial charge in [0.25, 0.3) is 15.6 Å². The van der Waals surface area contributed by atoms with Crippen LogP contribution in [-0.4, -0.2) is 22.3 Å². The summed E-state index contributed by atoms with van der Waals surface area (Å²) in [6.07, 6.45) is 3.10. The summed E-state index contributed by atoms with van der Waals surface area (Å²) < 4.78 is 29.5. The summed E-state index contributed by atoms with van der Waals surface area (Å²) in [6, 6.07) is 14.6. The Morgan fingerprint density at radius 3 is 2.42 bits per heavy atom. The van der Waals surface area contributed by atoms with Crippen molar-refractivity contribution in [3.63, 3.8) is 0 Å². The summed E-state index contributed by atoms with van der Waals surface area (Å²) in [5.41, 5.74) is -0.231. The van der Waals surface area contributed by atoms with Crippen LogP contribution in [0.3, 0.4) is 0 Å². The van der Waals surface area contributed by atoms with Crippen molar-refractivity contribution in [3.8, 4) is 5.82 Å². The SMILES string of the molecule is O=c1c2ccc(S(=O)(=O)Nc3ccccn3)cc2sn1-c1ccccn1. The number of pyridine rings is 2. The molecule has 4 aromatic rings. The van der Waals surface area contributed by atoms with Crippen molar-refractivity contribution in [1.82, 2.24) is 13.9 Å². The van der Waals surface area contributed by atoms with Gasteiger partial charge in [0.15, 0.2) is 0 Å². The van der Waals surface area contributed by atoms with E-state index in [-0.39, 0.29) is 16.3 Å². The number of rotatable bonds is 4. The zero-order chi connectivity index (χ0) is 18.1. The highest BCUT2D eigenvalue weighted by Gasteiger charge is 2.18. The van der Waals surface area contributed by atoms with E-state index in [2.05, 4.69) is 14.7 Å². The van der Waals surface area contributed by atoms with Gasteiger partial charge in [0.2, 0.25) is 0 Å². The van der Waals surface area contributed by atoms with Crippen LogP contribution in [0.25, 0.3) is 15.9 Å². The highest BCUT2D eigenvalue weighted by Crippen LogP contribution is 2.24. The maximum atomic E-state index is 12.6. The number of aromatic nitrogens is 3. The summed E-state index contributed by atoms with van der Waals surface area (Å²) in [5, 5.41) is 0.442. The molecule has 0 atom stereocenters. The fourth-order valence-electron chi connectivity index (χ4n) is 2.42. The van der Waals surface area contributed by atoms with Gasteiger partial charge in [-0.3, -0.25) is 9.52 Å². The van der Waals surface area contributed by atoms with E-state index in [1.807, 2.05) is 0 Å². The maximum absolute atomic E-state index is 12.6. The van der Waals surface area contributed by atoms with E-state index in [1.54, 1.807) is 42.6 Å². The van der Waals surface area contributed by atoms with Crippen LogP contribution in [0.5, 0.6) is 0 Å². The summed E-state index contributed by atoms with van der Waals surface area (Å²) in [5.74, 6) is 0.724. The molecule has 3 aromatic heterocycles. The Morgan fingerprint density at radius 2 is 1.73 bits per heavy atom. The molecule has 7 nitrogen and oxygen atoms in total. The highest BCUT2D eigenvalue weighted by molar-refractivity contribution is 7.92. The van der Waals surface area contributed by atoms with E-state index >= 15 is 0 Å². The Balaban J connectivity index is 1.78. The van der Waals surface area contributed by atoms with Gasteiger partial charge in [-0.1, -0.05) is 12.1 Å². The smallest absolute Gasteiger partial charge is 0.267 e. The average molecular weight is 384 g/mol. The lowest BCUT2D eigenvalue weighted by Crippen LogP contribution is -2.14. The molecule has 26 heavy (non-hydrogen) atoms. The molecule has 4 rings (SSSR count). The number of fused-ring (bicyclic) bond motifs is 1. The Bertz CT molecular complexity index is 1230.